The highest BCUT2D eigenvalue weighted by Gasteiger charge is 2.30. The van der Waals surface area contributed by atoms with Crippen molar-refractivity contribution < 1.29 is 4.79 Å². The first-order valence-corrected chi connectivity index (χ1v) is 8.46. The second-order valence-electron chi connectivity index (χ2n) is 5.84. The van der Waals surface area contributed by atoms with Gasteiger partial charge in [0.1, 0.15) is 0 Å². The Kier molecular flexibility index (Phi) is 5.19. The number of urea groups is 1. The Morgan fingerprint density at radius 3 is 2.65 bits per heavy atom. The predicted octanol–water partition coefficient (Wildman–Crippen LogP) is 4.43. The van der Waals surface area contributed by atoms with E-state index < -0.39 is 0 Å². The van der Waals surface area contributed by atoms with E-state index in [0.717, 1.165) is 36.4 Å². The summed E-state index contributed by atoms with van der Waals surface area (Å²) >= 11 is 6.30. The third-order valence-electron chi connectivity index (χ3n) is 4.31. The third-order valence-corrected chi connectivity index (χ3v) is 4.65. The second kappa shape index (κ2) is 7.51. The Labute approximate surface area is 142 Å². The van der Waals surface area contributed by atoms with Crippen LogP contribution in [0.4, 0.5) is 4.79 Å². The Hall–Kier alpha value is -2.00. The van der Waals surface area contributed by atoms with Gasteiger partial charge in [-0.1, -0.05) is 60.1 Å². The summed E-state index contributed by atoms with van der Waals surface area (Å²) in [4.78, 5) is 14.4. The fourth-order valence-electron chi connectivity index (χ4n) is 3.14. The standard InChI is InChI=1S/C19H21ClN2O/c20-17-10-5-4-9-16(17)18-11-6-14-22(18)19(23)21-13-12-15-7-2-1-3-8-15/h1-5,7-10,18H,6,11-14H2,(H,21,23). The van der Waals surface area contributed by atoms with E-state index >= 15 is 0 Å². The molecule has 3 rings (SSSR count). The van der Waals surface area contributed by atoms with Crippen molar-refractivity contribution in [3.63, 3.8) is 0 Å². The predicted molar refractivity (Wildman–Crippen MR) is 93.7 cm³/mol. The van der Waals surface area contributed by atoms with Crippen LogP contribution in [0.3, 0.4) is 0 Å². The number of rotatable bonds is 4. The molecule has 1 aliphatic rings. The monoisotopic (exact) mass is 328 g/mol. The van der Waals surface area contributed by atoms with Gasteiger partial charge >= 0.3 is 6.03 Å². The Morgan fingerprint density at radius 1 is 1.13 bits per heavy atom. The first-order valence-electron chi connectivity index (χ1n) is 8.08. The van der Waals surface area contributed by atoms with E-state index in [9.17, 15) is 4.79 Å². The highest BCUT2D eigenvalue weighted by atomic mass is 35.5. The van der Waals surface area contributed by atoms with Crippen LogP contribution in [0.25, 0.3) is 0 Å². The van der Waals surface area contributed by atoms with Crippen molar-refractivity contribution in [1.82, 2.24) is 10.2 Å². The lowest BCUT2D eigenvalue weighted by Gasteiger charge is -2.26. The zero-order valence-corrected chi connectivity index (χ0v) is 13.8. The number of hydrogen-bond donors (Lipinski definition) is 1. The second-order valence-corrected chi connectivity index (χ2v) is 6.25. The van der Waals surface area contributed by atoms with E-state index in [0.29, 0.717) is 6.54 Å². The fourth-order valence-corrected chi connectivity index (χ4v) is 3.40. The van der Waals surface area contributed by atoms with E-state index in [4.69, 9.17) is 11.6 Å². The summed E-state index contributed by atoms with van der Waals surface area (Å²) in [6.45, 7) is 1.43. The van der Waals surface area contributed by atoms with Crippen molar-refractivity contribution in [2.75, 3.05) is 13.1 Å². The van der Waals surface area contributed by atoms with Gasteiger partial charge < -0.3 is 10.2 Å². The molecule has 0 spiro atoms. The average molecular weight is 329 g/mol. The summed E-state index contributed by atoms with van der Waals surface area (Å²) in [7, 11) is 0. The molecule has 1 heterocycles. The molecule has 1 N–H and O–H groups in total. The number of benzene rings is 2. The largest absolute Gasteiger partial charge is 0.338 e. The molecule has 0 radical (unpaired) electrons. The number of hydrogen-bond acceptors (Lipinski definition) is 1. The maximum Gasteiger partial charge on any atom is 0.317 e. The van der Waals surface area contributed by atoms with Gasteiger partial charge in [0.05, 0.1) is 6.04 Å². The molecule has 0 aliphatic carbocycles. The van der Waals surface area contributed by atoms with Gasteiger partial charge in [-0.2, -0.15) is 0 Å². The summed E-state index contributed by atoms with van der Waals surface area (Å²) in [5.74, 6) is 0. The topological polar surface area (TPSA) is 32.3 Å². The van der Waals surface area contributed by atoms with Crippen LogP contribution in [0.1, 0.15) is 30.0 Å². The molecular formula is C19H21ClN2O. The van der Waals surface area contributed by atoms with Gasteiger partial charge in [-0.25, -0.2) is 4.79 Å². The highest BCUT2D eigenvalue weighted by Crippen LogP contribution is 2.35. The smallest absolute Gasteiger partial charge is 0.317 e. The molecule has 2 amide bonds. The fraction of sp³-hybridized carbons (Fsp3) is 0.316. The van der Waals surface area contributed by atoms with Gasteiger partial charge in [0, 0.05) is 18.1 Å². The van der Waals surface area contributed by atoms with E-state index in [2.05, 4.69) is 17.4 Å². The molecule has 120 valence electrons. The van der Waals surface area contributed by atoms with E-state index in [1.54, 1.807) is 0 Å². The van der Waals surface area contributed by atoms with Crippen molar-refractivity contribution in [3.05, 3.63) is 70.7 Å². The van der Waals surface area contributed by atoms with Crippen LogP contribution < -0.4 is 5.32 Å². The molecule has 23 heavy (non-hydrogen) atoms. The highest BCUT2D eigenvalue weighted by molar-refractivity contribution is 6.31. The summed E-state index contributed by atoms with van der Waals surface area (Å²) in [5.41, 5.74) is 2.28. The van der Waals surface area contributed by atoms with Crippen LogP contribution in [0.15, 0.2) is 54.6 Å². The molecule has 2 aromatic rings. The lowest BCUT2D eigenvalue weighted by atomic mass is 10.0. The number of amides is 2. The van der Waals surface area contributed by atoms with Crippen LogP contribution in [0.2, 0.25) is 5.02 Å². The van der Waals surface area contributed by atoms with Crippen LogP contribution in [-0.4, -0.2) is 24.0 Å². The summed E-state index contributed by atoms with van der Waals surface area (Å²) < 4.78 is 0. The molecule has 1 saturated heterocycles. The third kappa shape index (κ3) is 3.85. The van der Waals surface area contributed by atoms with Crippen LogP contribution in [0, 0.1) is 0 Å². The number of nitrogens with one attached hydrogen (secondary N) is 1. The van der Waals surface area contributed by atoms with Crippen molar-refractivity contribution >= 4 is 17.6 Å². The quantitative estimate of drug-likeness (QED) is 0.884. The molecule has 4 heteroatoms. The minimum Gasteiger partial charge on any atom is -0.338 e. The minimum absolute atomic E-state index is 0.00310. The van der Waals surface area contributed by atoms with Gasteiger partial charge in [-0.15, -0.1) is 0 Å². The van der Waals surface area contributed by atoms with Crippen LogP contribution >= 0.6 is 11.6 Å². The van der Waals surface area contributed by atoms with Crippen molar-refractivity contribution in [2.24, 2.45) is 0 Å². The Balaban J connectivity index is 1.59. The molecule has 1 unspecified atom stereocenters. The number of carbonyl (C=O) groups excluding carboxylic acids is 1. The lowest BCUT2D eigenvalue weighted by Crippen LogP contribution is -2.40. The van der Waals surface area contributed by atoms with Gasteiger partial charge in [0.15, 0.2) is 0 Å². The number of carbonyl (C=O) groups is 1. The Bertz CT molecular complexity index is 659. The summed E-state index contributed by atoms with van der Waals surface area (Å²) in [6.07, 6.45) is 2.83. The van der Waals surface area contributed by atoms with Gasteiger partial charge in [0.25, 0.3) is 0 Å². The van der Waals surface area contributed by atoms with Crippen LogP contribution in [0.5, 0.6) is 0 Å². The normalized spacial score (nSPS) is 17.3. The van der Waals surface area contributed by atoms with Gasteiger partial charge in [0.2, 0.25) is 0 Å². The summed E-state index contributed by atoms with van der Waals surface area (Å²) in [5, 5.41) is 3.77. The van der Waals surface area contributed by atoms with Gasteiger partial charge in [-0.3, -0.25) is 0 Å². The lowest BCUT2D eigenvalue weighted by molar-refractivity contribution is 0.193. The van der Waals surface area contributed by atoms with E-state index in [1.165, 1.54) is 5.56 Å². The minimum atomic E-state index is 0.00310. The number of likely N-dealkylation sites (tertiary alicyclic amines) is 1. The maximum absolute atomic E-state index is 12.5. The van der Waals surface area contributed by atoms with Gasteiger partial charge in [-0.05, 0) is 36.5 Å². The van der Waals surface area contributed by atoms with Crippen molar-refractivity contribution in [1.29, 1.82) is 0 Å². The summed E-state index contributed by atoms with van der Waals surface area (Å²) in [6, 6.07) is 18.1. The molecule has 0 aromatic heterocycles. The molecule has 0 bridgehead atoms. The molecule has 0 saturated carbocycles. The molecule has 1 atom stereocenters. The van der Waals surface area contributed by atoms with Crippen molar-refractivity contribution in [2.45, 2.75) is 25.3 Å². The molecular weight excluding hydrogens is 308 g/mol. The first kappa shape index (κ1) is 15.9. The zero-order valence-electron chi connectivity index (χ0n) is 13.0. The molecule has 3 nitrogen and oxygen atoms in total. The number of halogens is 1. The average Bonchev–Trinajstić information content (AvgIpc) is 3.06. The maximum atomic E-state index is 12.5. The van der Waals surface area contributed by atoms with E-state index in [1.807, 2.05) is 47.4 Å². The molecule has 1 aliphatic heterocycles. The van der Waals surface area contributed by atoms with Crippen molar-refractivity contribution in [3.8, 4) is 0 Å². The molecule has 2 aromatic carbocycles. The molecule has 1 fully saturated rings. The number of nitrogens with zero attached hydrogens (tertiary/aromatic N) is 1. The van der Waals surface area contributed by atoms with E-state index in [-0.39, 0.29) is 12.1 Å². The Morgan fingerprint density at radius 2 is 1.87 bits per heavy atom. The SMILES string of the molecule is O=C(NCCc1ccccc1)N1CCCC1c1ccccc1Cl. The zero-order chi connectivity index (χ0) is 16.1. The van der Waals surface area contributed by atoms with Crippen LogP contribution in [-0.2, 0) is 6.42 Å². The first-order chi connectivity index (χ1) is 11.3.